The number of hydrogen-bond donors (Lipinski definition) is 2. The zero-order valence-electron chi connectivity index (χ0n) is 12.4. The third kappa shape index (κ3) is 5.64. The highest BCUT2D eigenvalue weighted by atomic mass is 16.1. The largest absolute Gasteiger partial charge is 0.385 e. The van der Waals surface area contributed by atoms with Crippen LogP contribution in [0.25, 0.3) is 0 Å². The second-order valence-corrected chi connectivity index (χ2v) is 4.99. The first-order valence-electron chi connectivity index (χ1n) is 6.83. The van der Waals surface area contributed by atoms with Crippen molar-refractivity contribution in [2.45, 2.75) is 32.7 Å². The Kier molecular flexibility index (Phi) is 6.19. The second-order valence-electron chi connectivity index (χ2n) is 4.99. The summed E-state index contributed by atoms with van der Waals surface area (Å²) in [4.78, 5) is 13.6. The molecule has 4 nitrogen and oxygen atoms in total. The van der Waals surface area contributed by atoms with Crippen LogP contribution >= 0.6 is 0 Å². The van der Waals surface area contributed by atoms with Crippen LogP contribution in [-0.2, 0) is 4.79 Å². The van der Waals surface area contributed by atoms with Crippen LogP contribution < -0.4 is 15.5 Å². The van der Waals surface area contributed by atoms with Gasteiger partial charge in [0.25, 0.3) is 0 Å². The molecule has 106 valence electrons. The Morgan fingerprint density at radius 3 is 2.42 bits per heavy atom. The Balaban J connectivity index is 2.31. The van der Waals surface area contributed by atoms with Crippen molar-refractivity contribution in [2.75, 3.05) is 30.9 Å². The van der Waals surface area contributed by atoms with Gasteiger partial charge in [-0.2, -0.15) is 0 Å². The van der Waals surface area contributed by atoms with Crippen LogP contribution in [0.5, 0.6) is 0 Å². The van der Waals surface area contributed by atoms with Gasteiger partial charge in [-0.15, -0.1) is 0 Å². The lowest BCUT2D eigenvalue weighted by Gasteiger charge is -2.14. The zero-order chi connectivity index (χ0) is 14.3. The van der Waals surface area contributed by atoms with Crippen LogP contribution in [0.15, 0.2) is 24.3 Å². The quantitative estimate of drug-likeness (QED) is 0.794. The lowest BCUT2D eigenvalue weighted by molar-refractivity contribution is -0.121. The highest BCUT2D eigenvalue weighted by molar-refractivity contribution is 5.76. The van der Waals surface area contributed by atoms with E-state index >= 15 is 0 Å². The highest BCUT2D eigenvalue weighted by Crippen LogP contribution is 2.15. The zero-order valence-corrected chi connectivity index (χ0v) is 12.4. The fourth-order valence-corrected chi connectivity index (χ4v) is 1.65. The van der Waals surface area contributed by atoms with Gasteiger partial charge in [0.1, 0.15) is 0 Å². The van der Waals surface area contributed by atoms with Gasteiger partial charge in [-0.3, -0.25) is 4.79 Å². The fourth-order valence-electron chi connectivity index (χ4n) is 1.65. The standard InChI is InChI=1S/C15H25N3O/c1-5-12(2)17-15(19)10-11-16-13-6-8-14(9-7-13)18(3)4/h6-9,12,16H,5,10-11H2,1-4H3,(H,17,19). The van der Waals surface area contributed by atoms with Gasteiger partial charge in [0, 0.05) is 44.5 Å². The normalized spacial score (nSPS) is 11.8. The molecule has 0 aliphatic heterocycles. The first kappa shape index (κ1) is 15.3. The van der Waals surface area contributed by atoms with E-state index in [-0.39, 0.29) is 11.9 Å². The molecule has 0 saturated carbocycles. The predicted molar refractivity (Wildman–Crippen MR) is 81.8 cm³/mol. The number of carbonyl (C=O) groups is 1. The molecule has 19 heavy (non-hydrogen) atoms. The maximum atomic E-state index is 11.6. The van der Waals surface area contributed by atoms with Gasteiger partial charge in [-0.25, -0.2) is 0 Å². The van der Waals surface area contributed by atoms with Crippen LogP contribution in [0.2, 0.25) is 0 Å². The van der Waals surface area contributed by atoms with E-state index in [0.29, 0.717) is 13.0 Å². The molecule has 1 unspecified atom stereocenters. The number of amides is 1. The Labute approximate surface area is 116 Å². The molecule has 0 heterocycles. The molecule has 1 rings (SSSR count). The molecule has 0 aromatic heterocycles. The van der Waals surface area contributed by atoms with Gasteiger partial charge in [0.15, 0.2) is 0 Å². The Bertz CT molecular complexity index is 387. The molecule has 1 aromatic rings. The summed E-state index contributed by atoms with van der Waals surface area (Å²) in [5.41, 5.74) is 2.21. The van der Waals surface area contributed by atoms with Gasteiger partial charge in [0.2, 0.25) is 5.91 Å². The first-order chi connectivity index (χ1) is 9.02. The van der Waals surface area contributed by atoms with Crippen molar-refractivity contribution in [1.29, 1.82) is 0 Å². The average Bonchev–Trinajstić information content (AvgIpc) is 2.39. The summed E-state index contributed by atoms with van der Waals surface area (Å²) < 4.78 is 0. The molecule has 0 saturated heterocycles. The smallest absolute Gasteiger partial charge is 0.221 e. The molecule has 1 amide bonds. The van der Waals surface area contributed by atoms with Gasteiger partial charge in [-0.1, -0.05) is 6.92 Å². The third-order valence-corrected chi connectivity index (χ3v) is 3.08. The Hall–Kier alpha value is -1.71. The fraction of sp³-hybridized carbons (Fsp3) is 0.533. The van der Waals surface area contributed by atoms with Crippen LogP contribution in [0, 0.1) is 0 Å². The summed E-state index contributed by atoms with van der Waals surface area (Å²) in [6.07, 6.45) is 1.46. The topological polar surface area (TPSA) is 44.4 Å². The van der Waals surface area contributed by atoms with Crippen molar-refractivity contribution < 1.29 is 4.79 Å². The SMILES string of the molecule is CCC(C)NC(=O)CCNc1ccc(N(C)C)cc1. The summed E-state index contributed by atoms with van der Waals surface area (Å²) in [6.45, 7) is 4.74. The van der Waals surface area contributed by atoms with Crippen molar-refractivity contribution in [3.63, 3.8) is 0 Å². The molecule has 0 radical (unpaired) electrons. The van der Waals surface area contributed by atoms with Crippen molar-refractivity contribution in [3.8, 4) is 0 Å². The number of hydrogen-bond acceptors (Lipinski definition) is 3. The van der Waals surface area contributed by atoms with Crippen LogP contribution in [0.1, 0.15) is 26.7 Å². The monoisotopic (exact) mass is 263 g/mol. The number of rotatable bonds is 7. The van der Waals surface area contributed by atoms with Crippen LogP contribution in [0.4, 0.5) is 11.4 Å². The van der Waals surface area contributed by atoms with E-state index in [4.69, 9.17) is 0 Å². The molecule has 2 N–H and O–H groups in total. The van der Waals surface area contributed by atoms with Gasteiger partial charge >= 0.3 is 0 Å². The highest BCUT2D eigenvalue weighted by Gasteiger charge is 2.04. The number of nitrogens with zero attached hydrogens (tertiary/aromatic N) is 1. The summed E-state index contributed by atoms with van der Waals surface area (Å²) in [7, 11) is 4.03. The molecule has 0 aliphatic rings. The van der Waals surface area contributed by atoms with Gasteiger partial charge in [0.05, 0.1) is 0 Å². The predicted octanol–water partition coefficient (Wildman–Crippen LogP) is 2.47. The lowest BCUT2D eigenvalue weighted by Crippen LogP contribution is -2.32. The Morgan fingerprint density at radius 2 is 1.89 bits per heavy atom. The van der Waals surface area contributed by atoms with E-state index < -0.39 is 0 Å². The summed E-state index contributed by atoms with van der Waals surface area (Å²) in [6, 6.07) is 8.43. The van der Waals surface area contributed by atoms with Crippen molar-refractivity contribution in [3.05, 3.63) is 24.3 Å². The number of benzene rings is 1. The second kappa shape index (κ2) is 7.67. The van der Waals surface area contributed by atoms with Gasteiger partial charge in [-0.05, 0) is 37.6 Å². The minimum atomic E-state index is 0.103. The van der Waals surface area contributed by atoms with E-state index in [9.17, 15) is 4.79 Å². The molecule has 1 aromatic carbocycles. The average molecular weight is 263 g/mol. The van der Waals surface area contributed by atoms with Crippen molar-refractivity contribution in [2.24, 2.45) is 0 Å². The molecule has 0 fully saturated rings. The molecule has 0 aliphatic carbocycles. The van der Waals surface area contributed by atoms with E-state index in [0.717, 1.165) is 12.1 Å². The minimum absolute atomic E-state index is 0.103. The molecular weight excluding hydrogens is 238 g/mol. The number of anilines is 2. The van der Waals surface area contributed by atoms with E-state index in [1.165, 1.54) is 5.69 Å². The van der Waals surface area contributed by atoms with E-state index in [2.05, 4.69) is 34.6 Å². The van der Waals surface area contributed by atoms with Crippen molar-refractivity contribution in [1.82, 2.24) is 5.32 Å². The molecule has 0 spiro atoms. The number of nitrogens with one attached hydrogen (secondary N) is 2. The molecular formula is C15H25N3O. The minimum Gasteiger partial charge on any atom is -0.385 e. The van der Waals surface area contributed by atoms with Crippen LogP contribution in [-0.4, -0.2) is 32.6 Å². The molecule has 4 heteroatoms. The maximum absolute atomic E-state index is 11.6. The van der Waals surface area contributed by atoms with Gasteiger partial charge < -0.3 is 15.5 Å². The molecule has 0 bridgehead atoms. The number of carbonyl (C=O) groups excluding carboxylic acids is 1. The molecule has 1 atom stereocenters. The lowest BCUT2D eigenvalue weighted by atomic mass is 10.2. The Morgan fingerprint density at radius 1 is 1.26 bits per heavy atom. The summed E-state index contributed by atoms with van der Waals surface area (Å²) in [5, 5.41) is 6.21. The summed E-state index contributed by atoms with van der Waals surface area (Å²) >= 11 is 0. The van der Waals surface area contributed by atoms with E-state index in [1.54, 1.807) is 0 Å². The van der Waals surface area contributed by atoms with Crippen molar-refractivity contribution >= 4 is 17.3 Å². The van der Waals surface area contributed by atoms with Crippen LogP contribution in [0.3, 0.4) is 0 Å². The first-order valence-corrected chi connectivity index (χ1v) is 6.83. The maximum Gasteiger partial charge on any atom is 0.221 e. The third-order valence-electron chi connectivity index (χ3n) is 3.08. The van der Waals surface area contributed by atoms with E-state index in [1.807, 2.05) is 33.2 Å². The summed E-state index contributed by atoms with van der Waals surface area (Å²) in [5.74, 6) is 0.103.